The number of imidazole rings is 1. The van der Waals surface area contributed by atoms with E-state index in [0.717, 1.165) is 17.0 Å². The second-order valence-electron chi connectivity index (χ2n) is 4.85. The van der Waals surface area contributed by atoms with Crippen LogP contribution in [0.3, 0.4) is 0 Å². The van der Waals surface area contributed by atoms with E-state index in [0.29, 0.717) is 13.0 Å². The van der Waals surface area contributed by atoms with Gasteiger partial charge in [0.2, 0.25) is 5.91 Å². The van der Waals surface area contributed by atoms with Crippen LogP contribution in [0.2, 0.25) is 0 Å². The highest BCUT2D eigenvalue weighted by Gasteiger charge is 2.15. The molecule has 0 spiro atoms. The number of likely N-dealkylation sites (N-methyl/N-ethyl adjacent to an activating group) is 1. The Morgan fingerprint density at radius 2 is 1.90 bits per heavy atom. The lowest BCUT2D eigenvalue weighted by atomic mass is 10.2. The number of aromatic nitrogens is 2. The molecule has 0 atom stereocenters. The summed E-state index contributed by atoms with van der Waals surface area (Å²) in [5.74, 6) is 0.0621. The Labute approximate surface area is 123 Å². The lowest BCUT2D eigenvalue weighted by molar-refractivity contribution is -0.118. The maximum atomic E-state index is 12.5. The summed E-state index contributed by atoms with van der Waals surface area (Å²) in [7, 11) is 0. The van der Waals surface area contributed by atoms with Gasteiger partial charge in [0.15, 0.2) is 0 Å². The van der Waals surface area contributed by atoms with Crippen LogP contribution in [0.4, 0.5) is 5.69 Å². The zero-order valence-electron chi connectivity index (χ0n) is 11.9. The predicted molar refractivity (Wildman–Crippen MR) is 83.4 cm³/mol. The molecule has 4 nitrogen and oxygen atoms in total. The molecule has 1 aromatic carbocycles. The van der Waals surface area contributed by atoms with Crippen LogP contribution >= 0.6 is 0 Å². The van der Waals surface area contributed by atoms with Crippen molar-refractivity contribution >= 4 is 17.2 Å². The molecule has 0 bridgehead atoms. The van der Waals surface area contributed by atoms with Crippen LogP contribution in [0.1, 0.15) is 12.6 Å². The van der Waals surface area contributed by atoms with Gasteiger partial charge in [-0.2, -0.15) is 0 Å². The molecule has 0 fully saturated rings. The average Bonchev–Trinajstić information content (AvgIpc) is 2.91. The number of hydrogen-bond acceptors (Lipinski definition) is 2. The normalized spacial score (nSPS) is 10.7. The summed E-state index contributed by atoms with van der Waals surface area (Å²) in [6.07, 6.45) is 4.15. The molecule has 2 aromatic heterocycles. The molecule has 2 heterocycles. The molecule has 0 radical (unpaired) electrons. The lowest BCUT2D eigenvalue weighted by Crippen LogP contribution is -2.32. The van der Waals surface area contributed by atoms with Crippen LogP contribution in [0.15, 0.2) is 60.9 Å². The number of fused-ring (bicyclic) bond motifs is 1. The zero-order chi connectivity index (χ0) is 14.7. The average molecular weight is 279 g/mol. The van der Waals surface area contributed by atoms with E-state index in [1.54, 1.807) is 4.90 Å². The third-order valence-electron chi connectivity index (χ3n) is 3.43. The first-order chi connectivity index (χ1) is 10.3. The quantitative estimate of drug-likeness (QED) is 0.736. The third-order valence-corrected chi connectivity index (χ3v) is 3.43. The highest BCUT2D eigenvalue weighted by molar-refractivity contribution is 5.94. The predicted octanol–water partition coefficient (Wildman–Crippen LogP) is 2.93. The van der Waals surface area contributed by atoms with E-state index >= 15 is 0 Å². The molecule has 3 rings (SSSR count). The number of anilines is 1. The van der Waals surface area contributed by atoms with Crippen molar-refractivity contribution in [3.63, 3.8) is 0 Å². The SMILES string of the molecule is CCN(C(=O)Cc1cn2ccccc2n1)c1ccccc1. The topological polar surface area (TPSA) is 37.6 Å². The largest absolute Gasteiger partial charge is 0.312 e. The fraction of sp³-hybridized carbons (Fsp3) is 0.176. The van der Waals surface area contributed by atoms with Crippen molar-refractivity contribution in [3.05, 3.63) is 66.6 Å². The van der Waals surface area contributed by atoms with Gasteiger partial charge in [-0.3, -0.25) is 4.79 Å². The maximum absolute atomic E-state index is 12.5. The molecular weight excluding hydrogens is 262 g/mol. The molecule has 0 saturated carbocycles. The van der Waals surface area contributed by atoms with Gasteiger partial charge in [0.25, 0.3) is 0 Å². The van der Waals surface area contributed by atoms with E-state index in [1.165, 1.54) is 0 Å². The third kappa shape index (κ3) is 2.79. The molecule has 0 aliphatic rings. The second kappa shape index (κ2) is 5.79. The summed E-state index contributed by atoms with van der Waals surface area (Å²) in [6, 6.07) is 15.5. The Bertz CT molecular complexity index is 716. The van der Waals surface area contributed by atoms with Crippen LogP contribution in [-0.4, -0.2) is 21.8 Å². The number of carbonyl (C=O) groups is 1. The fourth-order valence-electron chi connectivity index (χ4n) is 2.43. The molecule has 0 aliphatic carbocycles. The van der Waals surface area contributed by atoms with Crippen molar-refractivity contribution in [2.75, 3.05) is 11.4 Å². The molecule has 0 saturated heterocycles. The summed E-state index contributed by atoms with van der Waals surface area (Å²) in [6.45, 7) is 2.63. The van der Waals surface area contributed by atoms with Crippen LogP contribution in [0.25, 0.3) is 5.65 Å². The van der Waals surface area contributed by atoms with Gasteiger partial charge in [-0.15, -0.1) is 0 Å². The van der Waals surface area contributed by atoms with Crippen LogP contribution in [-0.2, 0) is 11.2 Å². The van der Waals surface area contributed by atoms with E-state index in [9.17, 15) is 4.79 Å². The first kappa shape index (κ1) is 13.4. The van der Waals surface area contributed by atoms with Crippen LogP contribution < -0.4 is 4.90 Å². The number of para-hydroxylation sites is 1. The minimum Gasteiger partial charge on any atom is -0.312 e. The van der Waals surface area contributed by atoms with Crippen molar-refractivity contribution in [2.24, 2.45) is 0 Å². The van der Waals surface area contributed by atoms with Crippen molar-refractivity contribution in [1.82, 2.24) is 9.38 Å². The lowest BCUT2D eigenvalue weighted by Gasteiger charge is -2.20. The van der Waals surface area contributed by atoms with Crippen molar-refractivity contribution in [2.45, 2.75) is 13.3 Å². The summed E-state index contributed by atoms with van der Waals surface area (Å²) in [5, 5.41) is 0. The molecule has 106 valence electrons. The Morgan fingerprint density at radius 1 is 1.14 bits per heavy atom. The van der Waals surface area contributed by atoms with Crippen molar-refractivity contribution in [1.29, 1.82) is 0 Å². The van der Waals surface area contributed by atoms with Gasteiger partial charge in [0.1, 0.15) is 5.65 Å². The van der Waals surface area contributed by atoms with Gasteiger partial charge in [0, 0.05) is 24.6 Å². The maximum Gasteiger partial charge on any atom is 0.233 e. The van der Waals surface area contributed by atoms with Gasteiger partial charge in [-0.05, 0) is 31.2 Å². The van der Waals surface area contributed by atoms with E-state index < -0.39 is 0 Å². The highest BCUT2D eigenvalue weighted by atomic mass is 16.2. The number of carbonyl (C=O) groups excluding carboxylic acids is 1. The Kier molecular flexibility index (Phi) is 3.69. The van der Waals surface area contributed by atoms with Gasteiger partial charge in [0.05, 0.1) is 12.1 Å². The molecule has 0 aliphatic heterocycles. The standard InChI is InChI=1S/C17H17N3O/c1-2-20(15-8-4-3-5-9-15)17(21)12-14-13-19-11-7-6-10-16(19)18-14/h3-11,13H,2,12H2,1H3. The number of amides is 1. The monoisotopic (exact) mass is 279 g/mol. The summed E-state index contributed by atoms with van der Waals surface area (Å²) < 4.78 is 1.93. The molecule has 0 unspecified atom stereocenters. The Balaban J connectivity index is 1.81. The van der Waals surface area contributed by atoms with Crippen molar-refractivity contribution in [3.8, 4) is 0 Å². The van der Waals surface area contributed by atoms with E-state index in [4.69, 9.17) is 0 Å². The van der Waals surface area contributed by atoms with Gasteiger partial charge < -0.3 is 9.30 Å². The fourth-order valence-corrected chi connectivity index (χ4v) is 2.43. The van der Waals surface area contributed by atoms with Crippen LogP contribution in [0.5, 0.6) is 0 Å². The summed E-state index contributed by atoms with van der Waals surface area (Å²) in [4.78, 5) is 18.8. The number of benzene rings is 1. The zero-order valence-corrected chi connectivity index (χ0v) is 11.9. The molecule has 21 heavy (non-hydrogen) atoms. The second-order valence-corrected chi connectivity index (χ2v) is 4.85. The number of nitrogens with zero attached hydrogens (tertiary/aromatic N) is 3. The molecule has 3 aromatic rings. The van der Waals surface area contributed by atoms with Crippen LogP contribution in [0, 0.1) is 0 Å². The first-order valence-corrected chi connectivity index (χ1v) is 7.06. The minimum atomic E-state index is 0.0621. The van der Waals surface area contributed by atoms with Gasteiger partial charge >= 0.3 is 0 Å². The van der Waals surface area contributed by atoms with E-state index in [2.05, 4.69) is 4.98 Å². The van der Waals surface area contributed by atoms with Gasteiger partial charge in [-0.25, -0.2) is 4.98 Å². The molecule has 0 N–H and O–H groups in total. The minimum absolute atomic E-state index is 0.0621. The number of hydrogen-bond donors (Lipinski definition) is 0. The van der Waals surface area contributed by atoms with Gasteiger partial charge in [-0.1, -0.05) is 24.3 Å². The Hall–Kier alpha value is -2.62. The summed E-state index contributed by atoms with van der Waals surface area (Å²) in [5.41, 5.74) is 2.58. The number of rotatable bonds is 4. The number of pyridine rings is 1. The molecular formula is C17H17N3O. The Morgan fingerprint density at radius 3 is 2.62 bits per heavy atom. The summed E-state index contributed by atoms with van der Waals surface area (Å²) >= 11 is 0. The van der Waals surface area contributed by atoms with E-state index in [-0.39, 0.29) is 5.91 Å². The highest BCUT2D eigenvalue weighted by Crippen LogP contribution is 2.15. The molecule has 1 amide bonds. The molecule has 4 heteroatoms. The first-order valence-electron chi connectivity index (χ1n) is 7.06. The van der Waals surface area contributed by atoms with Crippen molar-refractivity contribution < 1.29 is 4.79 Å². The smallest absolute Gasteiger partial charge is 0.233 e. The van der Waals surface area contributed by atoms with E-state index in [1.807, 2.05) is 72.2 Å².